The van der Waals surface area contributed by atoms with Gasteiger partial charge in [0.15, 0.2) is 23.1 Å². The van der Waals surface area contributed by atoms with Crippen molar-refractivity contribution in [3.8, 4) is 28.7 Å². The standard InChI is InChI=1S/C24H22FNO5/c1-28-18-7-9-19(10-8-18)31-23-15-17(6-12-22(23)30-3)26-24(27)13-5-16-4-11-21(29-2)20(25)14-16/h4-15H,1-3H3,(H,26,27)/b13-5+. The molecule has 0 spiro atoms. The lowest BCUT2D eigenvalue weighted by molar-refractivity contribution is -0.111. The molecule has 0 aromatic heterocycles. The van der Waals surface area contributed by atoms with Gasteiger partial charge in [-0.05, 0) is 60.2 Å². The predicted molar refractivity (Wildman–Crippen MR) is 117 cm³/mol. The van der Waals surface area contributed by atoms with E-state index in [-0.39, 0.29) is 11.7 Å². The van der Waals surface area contributed by atoms with Gasteiger partial charge in [0.05, 0.1) is 21.3 Å². The van der Waals surface area contributed by atoms with Gasteiger partial charge in [-0.25, -0.2) is 4.39 Å². The van der Waals surface area contributed by atoms with Crippen LogP contribution >= 0.6 is 0 Å². The molecule has 31 heavy (non-hydrogen) atoms. The monoisotopic (exact) mass is 423 g/mol. The van der Waals surface area contributed by atoms with Gasteiger partial charge in [0.1, 0.15) is 11.5 Å². The summed E-state index contributed by atoms with van der Waals surface area (Å²) in [5.41, 5.74) is 1.05. The van der Waals surface area contributed by atoms with Crippen molar-refractivity contribution in [2.75, 3.05) is 26.6 Å². The highest BCUT2D eigenvalue weighted by Gasteiger charge is 2.09. The van der Waals surface area contributed by atoms with Crippen molar-refractivity contribution >= 4 is 17.7 Å². The van der Waals surface area contributed by atoms with E-state index in [4.69, 9.17) is 18.9 Å². The highest BCUT2D eigenvalue weighted by Crippen LogP contribution is 2.34. The molecule has 1 amide bonds. The van der Waals surface area contributed by atoms with Gasteiger partial charge in [-0.2, -0.15) is 0 Å². The average Bonchev–Trinajstić information content (AvgIpc) is 2.78. The summed E-state index contributed by atoms with van der Waals surface area (Å²) in [7, 11) is 4.51. The molecule has 0 aliphatic carbocycles. The number of nitrogens with one attached hydrogen (secondary N) is 1. The van der Waals surface area contributed by atoms with Gasteiger partial charge in [-0.3, -0.25) is 4.79 Å². The van der Waals surface area contributed by atoms with Crippen molar-refractivity contribution < 1.29 is 28.1 Å². The number of ether oxygens (including phenoxy) is 4. The Kier molecular flexibility index (Phi) is 7.11. The van der Waals surface area contributed by atoms with Crippen LogP contribution in [0.15, 0.2) is 66.7 Å². The summed E-state index contributed by atoms with van der Waals surface area (Å²) in [6.45, 7) is 0. The molecule has 3 aromatic carbocycles. The zero-order valence-electron chi connectivity index (χ0n) is 17.3. The Morgan fingerprint density at radius 1 is 0.806 bits per heavy atom. The molecule has 0 heterocycles. The van der Waals surface area contributed by atoms with Crippen molar-refractivity contribution in [1.29, 1.82) is 0 Å². The van der Waals surface area contributed by atoms with Crippen LogP contribution in [0.3, 0.4) is 0 Å². The molecule has 0 atom stereocenters. The fourth-order valence-corrected chi connectivity index (χ4v) is 2.75. The molecule has 6 nitrogen and oxygen atoms in total. The second-order valence-electron chi connectivity index (χ2n) is 6.36. The van der Waals surface area contributed by atoms with E-state index in [9.17, 15) is 9.18 Å². The Hall–Kier alpha value is -4.00. The second-order valence-corrected chi connectivity index (χ2v) is 6.36. The third-order valence-electron chi connectivity index (χ3n) is 4.32. The Labute approximate surface area is 179 Å². The first-order chi connectivity index (χ1) is 15.0. The molecule has 3 rings (SSSR count). The fourth-order valence-electron chi connectivity index (χ4n) is 2.75. The zero-order chi connectivity index (χ0) is 22.2. The van der Waals surface area contributed by atoms with Crippen LogP contribution in [0.4, 0.5) is 10.1 Å². The molecule has 0 aliphatic rings. The lowest BCUT2D eigenvalue weighted by Gasteiger charge is -2.12. The van der Waals surface area contributed by atoms with Gasteiger partial charge in [0.25, 0.3) is 0 Å². The predicted octanol–water partition coefficient (Wildman–Crippen LogP) is 5.30. The number of hydrogen-bond donors (Lipinski definition) is 1. The number of rotatable bonds is 8. The van der Waals surface area contributed by atoms with Crippen LogP contribution in [0.25, 0.3) is 6.08 Å². The maximum Gasteiger partial charge on any atom is 0.248 e. The first kappa shape index (κ1) is 21.7. The fraction of sp³-hybridized carbons (Fsp3) is 0.125. The van der Waals surface area contributed by atoms with Crippen molar-refractivity contribution in [2.45, 2.75) is 0 Å². The number of benzene rings is 3. The Bertz CT molecular complexity index is 1080. The first-order valence-corrected chi connectivity index (χ1v) is 9.35. The van der Waals surface area contributed by atoms with E-state index >= 15 is 0 Å². The van der Waals surface area contributed by atoms with Gasteiger partial charge in [0, 0.05) is 17.8 Å². The summed E-state index contributed by atoms with van der Waals surface area (Å²) in [6.07, 6.45) is 2.83. The third kappa shape index (κ3) is 5.76. The SMILES string of the molecule is COc1ccc(Oc2cc(NC(=O)/C=C/c3ccc(OC)c(F)c3)ccc2OC)cc1. The summed E-state index contributed by atoms with van der Waals surface area (Å²) in [6, 6.07) is 16.6. The number of methoxy groups -OCH3 is 3. The normalized spacial score (nSPS) is 10.6. The van der Waals surface area contributed by atoms with Crippen LogP contribution in [0.1, 0.15) is 5.56 Å². The minimum absolute atomic E-state index is 0.143. The Morgan fingerprint density at radius 3 is 2.13 bits per heavy atom. The minimum Gasteiger partial charge on any atom is -0.497 e. The molecule has 7 heteroatoms. The summed E-state index contributed by atoms with van der Waals surface area (Å²) in [5.74, 6) is 1.51. The molecular weight excluding hydrogens is 401 g/mol. The van der Waals surface area contributed by atoms with Gasteiger partial charge in [-0.1, -0.05) is 6.07 Å². The van der Waals surface area contributed by atoms with Crippen LogP contribution in [-0.2, 0) is 4.79 Å². The number of hydrogen-bond acceptors (Lipinski definition) is 5. The molecular formula is C24H22FNO5. The van der Waals surface area contributed by atoms with E-state index in [1.165, 1.54) is 38.5 Å². The smallest absolute Gasteiger partial charge is 0.248 e. The quantitative estimate of drug-likeness (QED) is 0.499. The summed E-state index contributed by atoms with van der Waals surface area (Å²) in [4.78, 5) is 12.3. The van der Waals surface area contributed by atoms with Gasteiger partial charge in [-0.15, -0.1) is 0 Å². The van der Waals surface area contributed by atoms with Crippen LogP contribution in [0.5, 0.6) is 28.7 Å². The third-order valence-corrected chi connectivity index (χ3v) is 4.32. The highest BCUT2D eigenvalue weighted by atomic mass is 19.1. The Balaban J connectivity index is 1.71. The van der Waals surface area contributed by atoms with Crippen LogP contribution < -0.4 is 24.3 Å². The van der Waals surface area contributed by atoms with E-state index in [0.29, 0.717) is 34.2 Å². The number of halogens is 1. The van der Waals surface area contributed by atoms with E-state index in [1.54, 1.807) is 55.6 Å². The molecule has 0 saturated heterocycles. The maximum absolute atomic E-state index is 13.8. The molecule has 0 saturated carbocycles. The molecule has 1 N–H and O–H groups in total. The topological polar surface area (TPSA) is 66.0 Å². The number of amides is 1. The van der Waals surface area contributed by atoms with Crippen LogP contribution in [-0.4, -0.2) is 27.2 Å². The van der Waals surface area contributed by atoms with Crippen molar-refractivity contribution in [3.05, 3.63) is 78.1 Å². The van der Waals surface area contributed by atoms with E-state index in [2.05, 4.69) is 5.32 Å². The lowest BCUT2D eigenvalue weighted by atomic mass is 10.2. The molecule has 0 fully saturated rings. The Morgan fingerprint density at radius 2 is 1.48 bits per heavy atom. The minimum atomic E-state index is -0.500. The molecule has 0 bridgehead atoms. The number of carbonyl (C=O) groups is 1. The summed E-state index contributed by atoms with van der Waals surface area (Å²) < 4.78 is 35.0. The van der Waals surface area contributed by atoms with Crippen molar-refractivity contribution in [1.82, 2.24) is 0 Å². The van der Waals surface area contributed by atoms with Gasteiger partial charge < -0.3 is 24.3 Å². The van der Waals surface area contributed by atoms with E-state index < -0.39 is 5.82 Å². The van der Waals surface area contributed by atoms with E-state index in [1.807, 2.05) is 0 Å². The average molecular weight is 423 g/mol. The first-order valence-electron chi connectivity index (χ1n) is 9.35. The van der Waals surface area contributed by atoms with Gasteiger partial charge >= 0.3 is 0 Å². The highest BCUT2D eigenvalue weighted by molar-refractivity contribution is 6.02. The number of anilines is 1. The molecule has 0 unspecified atom stereocenters. The maximum atomic E-state index is 13.8. The number of carbonyl (C=O) groups excluding carboxylic acids is 1. The van der Waals surface area contributed by atoms with Crippen molar-refractivity contribution in [2.24, 2.45) is 0 Å². The molecule has 3 aromatic rings. The summed E-state index contributed by atoms with van der Waals surface area (Å²) >= 11 is 0. The molecule has 0 aliphatic heterocycles. The van der Waals surface area contributed by atoms with E-state index in [0.717, 1.165) is 0 Å². The lowest BCUT2D eigenvalue weighted by Crippen LogP contribution is -2.08. The molecule has 160 valence electrons. The zero-order valence-corrected chi connectivity index (χ0v) is 17.3. The largest absolute Gasteiger partial charge is 0.497 e. The van der Waals surface area contributed by atoms with Crippen LogP contribution in [0.2, 0.25) is 0 Å². The second kappa shape index (κ2) is 10.2. The summed E-state index contributed by atoms with van der Waals surface area (Å²) in [5, 5.41) is 2.75. The van der Waals surface area contributed by atoms with Crippen LogP contribution in [0, 0.1) is 5.82 Å². The molecule has 0 radical (unpaired) electrons. The van der Waals surface area contributed by atoms with Crippen molar-refractivity contribution in [3.63, 3.8) is 0 Å². The van der Waals surface area contributed by atoms with Gasteiger partial charge in [0.2, 0.25) is 5.91 Å².